The van der Waals surface area contributed by atoms with Crippen LogP contribution in [0.2, 0.25) is 0 Å². The molecule has 0 aromatic heterocycles. The summed E-state index contributed by atoms with van der Waals surface area (Å²) in [5.74, 6) is -2.36. The van der Waals surface area contributed by atoms with Crippen LogP contribution in [0, 0.1) is 6.92 Å². The van der Waals surface area contributed by atoms with Gasteiger partial charge in [-0.1, -0.05) is 12.1 Å². The number of halogens is 2. The first kappa shape index (κ1) is 13.3. The Hall–Kier alpha value is -1.16. The van der Waals surface area contributed by atoms with Gasteiger partial charge < -0.3 is 10.8 Å². The highest BCUT2D eigenvalue weighted by atomic mass is 19.3. The van der Waals surface area contributed by atoms with E-state index in [0.717, 1.165) is 11.1 Å². The van der Waals surface area contributed by atoms with Crippen molar-refractivity contribution in [2.45, 2.75) is 43.9 Å². The topological polar surface area (TPSA) is 46.2 Å². The molecule has 1 aliphatic rings. The van der Waals surface area contributed by atoms with Crippen molar-refractivity contribution in [1.82, 2.24) is 0 Å². The maximum absolute atomic E-state index is 13.3. The smallest absolute Gasteiger partial charge is 0.248 e. The number of phenols is 1. The van der Waals surface area contributed by atoms with Gasteiger partial charge in [-0.05, 0) is 37.0 Å². The summed E-state index contributed by atoms with van der Waals surface area (Å²) < 4.78 is 26.5. The van der Waals surface area contributed by atoms with Crippen LogP contribution in [-0.4, -0.2) is 17.6 Å². The minimum Gasteiger partial charge on any atom is -0.508 e. The van der Waals surface area contributed by atoms with Crippen LogP contribution < -0.4 is 5.73 Å². The third kappa shape index (κ3) is 2.34. The second-order valence-corrected chi connectivity index (χ2v) is 5.34. The van der Waals surface area contributed by atoms with E-state index in [2.05, 4.69) is 0 Å². The Morgan fingerprint density at radius 3 is 2.33 bits per heavy atom. The molecule has 0 atom stereocenters. The van der Waals surface area contributed by atoms with E-state index in [4.69, 9.17) is 5.73 Å². The van der Waals surface area contributed by atoms with Gasteiger partial charge in [-0.2, -0.15) is 0 Å². The number of hydrogen-bond donors (Lipinski definition) is 2. The van der Waals surface area contributed by atoms with Crippen LogP contribution in [0.3, 0.4) is 0 Å². The molecule has 100 valence electrons. The summed E-state index contributed by atoms with van der Waals surface area (Å²) >= 11 is 0. The molecule has 1 fully saturated rings. The lowest BCUT2D eigenvalue weighted by atomic mass is 9.68. The fourth-order valence-corrected chi connectivity index (χ4v) is 2.64. The summed E-state index contributed by atoms with van der Waals surface area (Å²) in [6.07, 6.45) is 0.496. The standard InChI is InChI=1S/C14H19F2NO/c1-10-2-3-11(8-12(10)18)13(9-17)4-6-14(15,16)7-5-13/h2-3,8,18H,4-7,9,17H2,1H3. The fourth-order valence-electron chi connectivity index (χ4n) is 2.64. The number of aryl methyl sites for hydroxylation is 1. The van der Waals surface area contributed by atoms with Gasteiger partial charge in [0.05, 0.1) is 0 Å². The second kappa shape index (κ2) is 4.50. The summed E-state index contributed by atoms with van der Waals surface area (Å²) in [5.41, 5.74) is 7.07. The molecule has 18 heavy (non-hydrogen) atoms. The van der Waals surface area contributed by atoms with Crippen LogP contribution in [-0.2, 0) is 5.41 Å². The van der Waals surface area contributed by atoms with Crippen LogP contribution in [0.1, 0.15) is 36.8 Å². The Morgan fingerprint density at radius 1 is 1.22 bits per heavy atom. The number of hydrogen-bond acceptors (Lipinski definition) is 2. The summed E-state index contributed by atoms with van der Waals surface area (Å²) in [5, 5.41) is 9.75. The average Bonchev–Trinajstić information content (AvgIpc) is 2.34. The molecule has 1 aromatic rings. The van der Waals surface area contributed by atoms with E-state index in [1.165, 1.54) is 0 Å². The summed E-state index contributed by atoms with van der Waals surface area (Å²) in [6, 6.07) is 5.38. The van der Waals surface area contributed by atoms with E-state index in [-0.39, 0.29) is 18.6 Å². The lowest BCUT2D eigenvalue weighted by molar-refractivity contribution is -0.0509. The number of nitrogens with two attached hydrogens (primary N) is 1. The first-order valence-corrected chi connectivity index (χ1v) is 6.27. The average molecular weight is 255 g/mol. The van der Waals surface area contributed by atoms with Gasteiger partial charge in [0.2, 0.25) is 5.92 Å². The van der Waals surface area contributed by atoms with Crippen molar-refractivity contribution in [1.29, 1.82) is 0 Å². The molecule has 0 heterocycles. The molecule has 0 radical (unpaired) electrons. The molecule has 0 spiro atoms. The van der Waals surface area contributed by atoms with Crippen LogP contribution in [0.5, 0.6) is 5.75 Å². The zero-order chi connectivity index (χ0) is 13.4. The number of phenolic OH excluding ortho intramolecular Hbond substituents is 1. The van der Waals surface area contributed by atoms with Crippen molar-refractivity contribution >= 4 is 0 Å². The van der Waals surface area contributed by atoms with Crippen molar-refractivity contribution in [3.05, 3.63) is 29.3 Å². The van der Waals surface area contributed by atoms with Crippen molar-refractivity contribution < 1.29 is 13.9 Å². The molecule has 0 bridgehead atoms. The van der Waals surface area contributed by atoms with Crippen molar-refractivity contribution in [3.63, 3.8) is 0 Å². The van der Waals surface area contributed by atoms with Gasteiger partial charge >= 0.3 is 0 Å². The van der Waals surface area contributed by atoms with Crippen LogP contribution in [0.4, 0.5) is 8.78 Å². The SMILES string of the molecule is Cc1ccc(C2(CN)CCC(F)(F)CC2)cc1O. The van der Waals surface area contributed by atoms with Crippen molar-refractivity contribution in [2.24, 2.45) is 5.73 Å². The minimum atomic E-state index is -2.56. The molecule has 1 aromatic carbocycles. The predicted molar refractivity (Wildman–Crippen MR) is 67.0 cm³/mol. The number of alkyl halides is 2. The number of rotatable bonds is 2. The summed E-state index contributed by atoms with van der Waals surface area (Å²) in [6.45, 7) is 2.15. The third-order valence-corrected chi connectivity index (χ3v) is 4.15. The van der Waals surface area contributed by atoms with Gasteiger partial charge in [0.1, 0.15) is 5.75 Å². The Labute approximate surface area is 106 Å². The van der Waals surface area contributed by atoms with Crippen LogP contribution in [0.15, 0.2) is 18.2 Å². The lowest BCUT2D eigenvalue weighted by Crippen LogP contribution is -2.42. The summed E-state index contributed by atoms with van der Waals surface area (Å²) in [7, 11) is 0. The zero-order valence-corrected chi connectivity index (χ0v) is 10.5. The molecule has 1 saturated carbocycles. The Kier molecular flexibility index (Phi) is 3.32. The molecule has 2 rings (SSSR count). The maximum Gasteiger partial charge on any atom is 0.248 e. The normalized spacial score (nSPS) is 21.8. The molecule has 0 amide bonds. The van der Waals surface area contributed by atoms with Gasteiger partial charge in [-0.15, -0.1) is 0 Å². The Bertz CT molecular complexity index is 435. The number of aromatic hydroxyl groups is 1. The highest BCUT2D eigenvalue weighted by molar-refractivity contribution is 5.39. The molecule has 0 saturated heterocycles. The van der Waals surface area contributed by atoms with Gasteiger partial charge in [0, 0.05) is 24.8 Å². The van der Waals surface area contributed by atoms with E-state index < -0.39 is 11.3 Å². The number of benzene rings is 1. The van der Waals surface area contributed by atoms with Crippen molar-refractivity contribution in [3.8, 4) is 5.75 Å². The molecule has 0 unspecified atom stereocenters. The molecular weight excluding hydrogens is 236 g/mol. The zero-order valence-electron chi connectivity index (χ0n) is 10.5. The van der Waals surface area contributed by atoms with Gasteiger partial charge in [-0.3, -0.25) is 0 Å². The largest absolute Gasteiger partial charge is 0.508 e. The molecule has 0 aliphatic heterocycles. The van der Waals surface area contributed by atoms with E-state index in [1.807, 2.05) is 19.1 Å². The van der Waals surface area contributed by atoms with Gasteiger partial charge in [0.25, 0.3) is 0 Å². The molecule has 3 N–H and O–H groups in total. The quantitative estimate of drug-likeness (QED) is 0.853. The monoisotopic (exact) mass is 255 g/mol. The highest BCUT2D eigenvalue weighted by Gasteiger charge is 2.43. The molecular formula is C14H19F2NO. The maximum atomic E-state index is 13.3. The highest BCUT2D eigenvalue weighted by Crippen LogP contribution is 2.45. The van der Waals surface area contributed by atoms with Crippen LogP contribution >= 0.6 is 0 Å². The van der Waals surface area contributed by atoms with Crippen molar-refractivity contribution in [2.75, 3.05) is 6.54 Å². The van der Waals surface area contributed by atoms with E-state index in [9.17, 15) is 13.9 Å². The van der Waals surface area contributed by atoms with E-state index >= 15 is 0 Å². The minimum absolute atomic E-state index is 0.126. The van der Waals surface area contributed by atoms with Gasteiger partial charge in [-0.25, -0.2) is 8.78 Å². The molecule has 4 heteroatoms. The van der Waals surface area contributed by atoms with Crippen LogP contribution in [0.25, 0.3) is 0 Å². The van der Waals surface area contributed by atoms with E-state index in [1.54, 1.807) is 6.07 Å². The Balaban J connectivity index is 2.30. The Morgan fingerprint density at radius 2 is 1.83 bits per heavy atom. The first-order valence-electron chi connectivity index (χ1n) is 6.27. The fraction of sp³-hybridized carbons (Fsp3) is 0.571. The van der Waals surface area contributed by atoms with E-state index in [0.29, 0.717) is 19.4 Å². The van der Waals surface area contributed by atoms with Gasteiger partial charge in [0.15, 0.2) is 0 Å². The second-order valence-electron chi connectivity index (χ2n) is 5.34. The predicted octanol–water partition coefficient (Wildman–Crippen LogP) is 3.11. The first-order chi connectivity index (χ1) is 8.38. The lowest BCUT2D eigenvalue weighted by Gasteiger charge is -2.40. The molecule has 2 nitrogen and oxygen atoms in total. The molecule has 1 aliphatic carbocycles. The summed E-state index contributed by atoms with van der Waals surface area (Å²) in [4.78, 5) is 0. The third-order valence-electron chi connectivity index (χ3n) is 4.15.